The Balaban J connectivity index is 1.59. The Bertz CT molecular complexity index is 863. The SMILES string of the molecule is C[C@H](C(=O)Nc1ccccc1Cl)[NH+]1CCN(S(=O)(=O)c2cccs2)CC1. The fraction of sp³-hybridized carbons (Fsp3) is 0.353. The van der Waals surface area contributed by atoms with E-state index in [1.807, 2.05) is 13.0 Å². The molecule has 3 rings (SSSR count). The highest BCUT2D eigenvalue weighted by Gasteiger charge is 2.34. The quantitative estimate of drug-likeness (QED) is 0.775. The molecule has 2 N–H and O–H groups in total. The average Bonchev–Trinajstić information content (AvgIpc) is 3.18. The zero-order chi connectivity index (χ0) is 18.7. The van der Waals surface area contributed by atoms with Gasteiger partial charge in [0.2, 0.25) is 0 Å². The number of anilines is 1. The van der Waals surface area contributed by atoms with Crippen molar-refractivity contribution in [2.45, 2.75) is 17.2 Å². The van der Waals surface area contributed by atoms with Crippen LogP contribution in [0.5, 0.6) is 0 Å². The van der Waals surface area contributed by atoms with Crippen LogP contribution in [0.3, 0.4) is 0 Å². The fourth-order valence-corrected chi connectivity index (χ4v) is 5.74. The summed E-state index contributed by atoms with van der Waals surface area (Å²) in [4.78, 5) is 13.6. The van der Waals surface area contributed by atoms with Crippen LogP contribution in [0.4, 0.5) is 5.69 Å². The minimum absolute atomic E-state index is 0.123. The first-order valence-electron chi connectivity index (χ1n) is 8.33. The Kier molecular flexibility index (Phi) is 5.99. The molecule has 1 aliphatic heterocycles. The second kappa shape index (κ2) is 8.06. The minimum atomic E-state index is -3.42. The Morgan fingerprint density at radius 1 is 1.23 bits per heavy atom. The van der Waals surface area contributed by atoms with E-state index in [9.17, 15) is 13.2 Å². The van der Waals surface area contributed by atoms with E-state index < -0.39 is 10.0 Å². The van der Waals surface area contributed by atoms with Crippen LogP contribution in [0.2, 0.25) is 5.02 Å². The number of hydrogen-bond donors (Lipinski definition) is 2. The molecule has 26 heavy (non-hydrogen) atoms. The fourth-order valence-electron chi connectivity index (χ4n) is 2.97. The van der Waals surface area contributed by atoms with Gasteiger partial charge in [0.05, 0.1) is 36.9 Å². The molecule has 1 saturated heterocycles. The molecule has 1 aromatic heterocycles. The highest BCUT2D eigenvalue weighted by Crippen LogP contribution is 2.21. The van der Waals surface area contributed by atoms with E-state index in [1.54, 1.807) is 35.7 Å². The number of benzene rings is 1. The van der Waals surface area contributed by atoms with Crippen LogP contribution in [0, 0.1) is 0 Å². The van der Waals surface area contributed by atoms with Gasteiger partial charge in [-0.25, -0.2) is 8.42 Å². The lowest BCUT2D eigenvalue weighted by Gasteiger charge is -2.33. The van der Waals surface area contributed by atoms with Crippen LogP contribution >= 0.6 is 22.9 Å². The number of halogens is 1. The summed E-state index contributed by atoms with van der Waals surface area (Å²) in [7, 11) is -3.42. The van der Waals surface area contributed by atoms with Crippen molar-refractivity contribution in [3.63, 3.8) is 0 Å². The first-order valence-corrected chi connectivity index (χ1v) is 11.0. The molecular formula is C17H21ClN3O3S2+. The maximum Gasteiger partial charge on any atom is 0.282 e. The van der Waals surface area contributed by atoms with Gasteiger partial charge in [-0.2, -0.15) is 4.31 Å². The van der Waals surface area contributed by atoms with Crippen LogP contribution in [0.25, 0.3) is 0 Å². The summed E-state index contributed by atoms with van der Waals surface area (Å²) in [5.74, 6) is -0.123. The second-order valence-electron chi connectivity index (χ2n) is 6.19. The Morgan fingerprint density at radius 3 is 2.54 bits per heavy atom. The Labute approximate surface area is 162 Å². The van der Waals surface area contributed by atoms with E-state index >= 15 is 0 Å². The summed E-state index contributed by atoms with van der Waals surface area (Å²) in [5, 5.41) is 5.10. The van der Waals surface area contributed by atoms with Crippen molar-refractivity contribution in [1.82, 2.24) is 4.31 Å². The number of rotatable bonds is 5. The third kappa shape index (κ3) is 4.10. The Morgan fingerprint density at radius 2 is 1.92 bits per heavy atom. The van der Waals surface area contributed by atoms with E-state index in [4.69, 9.17) is 11.6 Å². The number of amides is 1. The van der Waals surface area contributed by atoms with E-state index in [2.05, 4.69) is 5.32 Å². The maximum absolute atomic E-state index is 12.6. The van der Waals surface area contributed by atoms with Crippen molar-refractivity contribution in [2.75, 3.05) is 31.5 Å². The van der Waals surface area contributed by atoms with Crippen LogP contribution in [-0.4, -0.2) is 50.9 Å². The summed E-state index contributed by atoms with van der Waals surface area (Å²) in [5.41, 5.74) is 0.587. The predicted octanol–water partition coefficient (Wildman–Crippen LogP) is 1.32. The molecule has 0 bridgehead atoms. The average molecular weight is 415 g/mol. The van der Waals surface area contributed by atoms with Gasteiger partial charge in [-0.15, -0.1) is 11.3 Å². The van der Waals surface area contributed by atoms with Crippen LogP contribution < -0.4 is 10.2 Å². The molecule has 0 saturated carbocycles. The molecule has 0 unspecified atom stereocenters. The first kappa shape index (κ1) is 19.3. The third-order valence-corrected chi connectivity index (χ3v) is 8.19. The maximum atomic E-state index is 12.6. The van der Waals surface area contributed by atoms with E-state index in [1.165, 1.54) is 15.6 Å². The number of carbonyl (C=O) groups excluding carboxylic acids is 1. The molecule has 2 heterocycles. The molecule has 0 spiro atoms. The zero-order valence-corrected chi connectivity index (χ0v) is 16.7. The van der Waals surface area contributed by atoms with Crippen molar-refractivity contribution in [3.8, 4) is 0 Å². The normalized spacial score (nSPS) is 17.8. The topological polar surface area (TPSA) is 70.9 Å². The zero-order valence-electron chi connectivity index (χ0n) is 14.3. The molecule has 1 aliphatic rings. The smallest absolute Gasteiger partial charge is 0.282 e. The number of piperazine rings is 1. The number of quaternary nitrogens is 1. The summed E-state index contributed by atoms with van der Waals surface area (Å²) in [6.45, 7) is 3.83. The van der Waals surface area contributed by atoms with Crippen molar-refractivity contribution in [2.24, 2.45) is 0 Å². The van der Waals surface area contributed by atoms with E-state index in [-0.39, 0.29) is 11.9 Å². The van der Waals surface area contributed by atoms with Gasteiger partial charge in [0.15, 0.2) is 6.04 Å². The number of nitrogens with zero attached hydrogens (tertiary/aromatic N) is 1. The van der Waals surface area contributed by atoms with Gasteiger partial charge in [-0.1, -0.05) is 29.8 Å². The van der Waals surface area contributed by atoms with Gasteiger partial charge in [-0.3, -0.25) is 4.79 Å². The molecular weight excluding hydrogens is 394 g/mol. The highest BCUT2D eigenvalue weighted by atomic mass is 35.5. The molecule has 2 aromatic rings. The van der Waals surface area contributed by atoms with Crippen molar-refractivity contribution in [3.05, 3.63) is 46.8 Å². The molecule has 1 atom stereocenters. The monoisotopic (exact) mass is 414 g/mol. The largest absolute Gasteiger partial charge is 0.323 e. The predicted molar refractivity (Wildman–Crippen MR) is 103 cm³/mol. The van der Waals surface area contributed by atoms with E-state index in [0.717, 1.165) is 4.90 Å². The molecule has 6 nitrogen and oxygen atoms in total. The summed E-state index contributed by atoms with van der Waals surface area (Å²) < 4.78 is 27.0. The molecule has 1 fully saturated rings. The number of carbonyl (C=O) groups is 1. The molecule has 1 aromatic carbocycles. The lowest BCUT2D eigenvalue weighted by atomic mass is 10.2. The number of thiophene rings is 1. The summed E-state index contributed by atoms with van der Waals surface area (Å²) in [6, 6.07) is 10.2. The van der Waals surface area contributed by atoms with Crippen molar-refractivity contribution < 1.29 is 18.1 Å². The summed E-state index contributed by atoms with van der Waals surface area (Å²) in [6.07, 6.45) is 0. The molecule has 0 aliphatic carbocycles. The van der Waals surface area contributed by atoms with Crippen LogP contribution in [-0.2, 0) is 14.8 Å². The third-order valence-electron chi connectivity index (χ3n) is 4.59. The van der Waals surface area contributed by atoms with Crippen molar-refractivity contribution >= 4 is 44.6 Å². The van der Waals surface area contributed by atoms with Crippen LogP contribution in [0.15, 0.2) is 46.0 Å². The van der Waals surface area contributed by atoms with Crippen LogP contribution in [0.1, 0.15) is 6.92 Å². The lowest BCUT2D eigenvalue weighted by molar-refractivity contribution is -0.917. The molecule has 1 amide bonds. The number of hydrogen-bond acceptors (Lipinski definition) is 4. The number of nitrogens with one attached hydrogen (secondary N) is 2. The molecule has 0 radical (unpaired) electrons. The van der Waals surface area contributed by atoms with Gasteiger partial charge in [0.1, 0.15) is 4.21 Å². The minimum Gasteiger partial charge on any atom is -0.323 e. The highest BCUT2D eigenvalue weighted by molar-refractivity contribution is 7.91. The number of sulfonamides is 1. The van der Waals surface area contributed by atoms with Gasteiger partial charge >= 0.3 is 0 Å². The Hall–Kier alpha value is -1.45. The first-order chi connectivity index (χ1) is 12.4. The number of para-hydroxylation sites is 1. The molecule has 9 heteroatoms. The van der Waals surface area contributed by atoms with Crippen molar-refractivity contribution in [1.29, 1.82) is 0 Å². The molecule has 140 valence electrons. The van der Waals surface area contributed by atoms with Gasteiger partial charge in [0.25, 0.3) is 15.9 Å². The van der Waals surface area contributed by atoms with E-state index in [0.29, 0.717) is 41.1 Å². The lowest BCUT2D eigenvalue weighted by Crippen LogP contribution is -3.19. The second-order valence-corrected chi connectivity index (χ2v) is 9.70. The van der Waals surface area contributed by atoms with Gasteiger partial charge < -0.3 is 10.2 Å². The standard InChI is InChI=1S/C17H20ClN3O3S2/c1-13(17(22)19-15-6-3-2-5-14(15)18)20-8-10-21(11-9-20)26(23,24)16-7-4-12-25-16/h2-7,12-13H,8-11H2,1H3,(H,19,22)/p+1/t13-/m1/s1. The van der Waals surface area contributed by atoms with Gasteiger partial charge in [-0.05, 0) is 30.5 Å². The summed E-state index contributed by atoms with van der Waals surface area (Å²) >= 11 is 7.31. The van der Waals surface area contributed by atoms with Gasteiger partial charge in [0, 0.05) is 0 Å².